The van der Waals surface area contributed by atoms with Crippen LogP contribution < -0.4 is 0 Å². The Bertz CT molecular complexity index is 384. The van der Waals surface area contributed by atoms with E-state index in [1.165, 1.54) is 0 Å². The van der Waals surface area contributed by atoms with E-state index >= 15 is 0 Å². The van der Waals surface area contributed by atoms with Crippen LogP contribution in [0.4, 0.5) is 13.2 Å². The van der Waals surface area contributed by atoms with Crippen molar-refractivity contribution in [3.8, 4) is 6.07 Å². The Morgan fingerprint density at radius 3 is 2.46 bits per heavy atom. The lowest BCUT2D eigenvalue weighted by atomic mass is 10.1. The van der Waals surface area contributed by atoms with E-state index in [-0.39, 0.29) is 12.0 Å². The summed E-state index contributed by atoms with van der Waals surface area (Å²) in [5, 5.41) is 8.25. The summed E-state index contributed by atoms with van der Waals surface area (Å²) in [4.78, 5) is 0. The summed E-state index contributed by atoms with van der Waals surface area (Å²) in [6, 6.07) is 2.33. The summed E-state index contributed by atoms with van der Waals surface area (Å²) in [7, 11) is 0. The molecule has 0 unspecified atom stereocenters. The van der Waals surface area contributed by atoms with E-state index in [1.807, 2.05) is 0 Å². The van der Waals surface area contributed by atoms with Crippen LogP contribution in [0.5, 0.6) is 0 Å². The number of hydrogen-bond acceptors (Lipinski definition) is 1. The Morgan fingerprint density at radius 2 is 1.92 bits per heavy atom. The fourth-order valence-corrected chi connectivity index (χ4v) is 1.28. The van der Waals surface area contributed by atoms with Crippen LogP contribution in [-0.2, 0) is 6.42 Å². The first-order valence-electron chi connectivity index (χ1n) is 3.26. The van der Waals surface area contributed by atoms with Gasteiger partial charge < -0.3 is 0 Å². The highest BCUT2D eigenvalue weighted by Gasteiger charge is 2.15. The zero-order valence-electron chi connectivity index (χ0n) is 6.24. The highest BCUT2D eigenvalue weighted by molar-refractivity contribution is 9.10. The van der Waals surface area contributed by atoms with E-state index in [2.05, 4.69) is 15.9 Å². The summed E-state index contributed by atoms with van der Waals surface area (Å²) >= 11 is 2.55. The molecule has 0 saturated heterocycles. The normalized spacial score (nSPS) is 9.77. The predicted octanol–water partition coefficient (Wildman–Crippen LogP) is 2.93. The highest BCUT2D eigenvalue weighted by Crippen LogP contribution is 2.25. The van der Waals surface area contributed by atoms with Crippen LogP contribution in [0.3, 0.4) is 0 Å². The van der Waals surface area contributed by atoms with Crippen LogP contribution in [0, 0.1) is 28.8 Å². The Morgan fingerprint density at radius 1 is 1.31 bits per heavy atom. The van der Waals surface area contributed by atoms with Gasteiger partial charge in [0.2, 0.25) is 0 Å². The molecule has 0 aromatic heterocycles. The Kier molecular flexibility index (Phi) is 2.94. The fourth-order valence-electron chi connectivity index (χ4n) is 0.836. The molecule has 0 aliphatic carbocycles. The summed E-state index contributed by atoms with van der Waals surface area (Å²) in [5.74, 6) is -3.38. The summed E-state index contributed by atoms with van der Waals surface area (Å²) in [6.07, 6.45) is -0.290. The van der Waals surface area contributed by atoms with Gasteiger partial charge in [0, 0.05) is 5.56 Å². The molecular weight excluding hydrogens is 247 g/mol. The molecule has 0 amide bonds. The lowest BCUT2D eigenvalue weighted by Crippen LogP contribution is -1.97. The zero-order valence-corrected chi connectivity index (χ0v) is 7.83. The number of nitriles is 1. The van der Waals surface area contributed by atoms with Crippen molar-refractivity contribution in [1.29, 1.82) is 5.26 Å². The molecule has 68 valence electrons. The molecule has 0 bridgehead atoms. The Hall–Kier alpha value is -1.02. The summed E-state index contributed by atoms with van der Waals surface area (Å²) in [5.41, 5.74) is -0.159. The SMILES string of the molecule is N#CCc1cc(F)c(F)c(Br)c1F. The van der Waals surface area contributed by atoms with Crippen LogP contribution in [0.1, 0.15) is 5.56 Å². The van der Waals surface area contributed by atoms with Crippen molar-refractivity contribution in [2.75, 3.05) is 0 Å². The van der Waals surface area contributed by atoms with Crippen molar-refractivity contribution in [1.82, 2.24) is 0 Å². The average Bonchev–Trinajstić information content (AvgIpc) is 2.11. The molecule has 0 N–H and O–H groups in total. The van der Waals surface area contributed by atoms with Gasteiger partial charge in [-0.2, -0.15) is 5.26 Å². The van der Waals surface area contributed by atoms with Gasteiger partial charge in [0.1, 0.15) is 5.82 Å². The largest absolute Gasteiger partial charge is 0.205 e. The average molecular weight is 250 g/mol. The molecule has 1 aromatic rings. The van der Waals surface area contributed by atoms with Gasteiger partial charge in [-0.3, -0.25) is 0 Å². The van der Waals surface area contributed by atoms with E-state index in [4.69, 9.17) is 5.26 Å². The minimum atomic E-state index is -1.28. The third kappa shape index (κ3) is 1.83. The molecule has 0 saturated carbocycles. The number of halogens is 4. The van der Waals surface area contributed by atoms with Crippen molar-refractivity contribution >= 4 is 15.9 Å². The standard InChI is InChI=1S/C8H3BrF3N/c9-6-7(11)4(1-2-13)3-5(10)8(6)12/h3H,1H2. The van der Waals surface area contributed by atoms with Crippen molar-refractivity contribution in [3.05, 3.63) is 33.6 Å². The second kappa shape index (κ2) is 3.79. The molecule has 1 rings (SSSR count). The fraction of sp³-hybridized carbons (Fsp3) is 0.125. The number of hydrogen-bond donors (Lipinski definition) is 0. The molecule has 0 spiro atoms. The molecular formula is C8H3BrF3N. The summed E-state index contributed by atoms with van der Waals surface area (Å²) < 4.78 is 37.8. The van der Waals surface area contributed by atoms with Gasteiger partial charge in [0.25, 0.3) is 0 Å². The van der Waals surface area contributed by atoms with E-state index in [1.54, 1.807) is 6.07 Å². The molecule has 0 atom stereocenters. The maximum atomic E-state index is 13.0. The van der Waals surface area contributed by atoms with Gasteiger partial charge in [-0.05, 0) is 22.0 Å². The maximum absolute atomic E-state index is 13.0. The van der Waals surface area contributed by atoms with Gasteiger partial charge in [0.15, 0.2) is 11.6 Å². The van der Waals surface area contributed by atoms with Gasteiger partial charge in [-0.25, -0.2) is 13.2 Å². The first-order valence-corrected chi connectivity index (χ1v) is 4.06. The Labute approximate surface area is 80.9 Å². The number of nitrogens with zero attached hydrogens (tertiary/aromatic N) is 1. The topological polar surface area (TPSA) is 23.8 Å². The van der Waals surface area contributed by atoms with Crippen molar-refractivity contribution < 1.29 is 13.2 Å². The minimum Gasteiger partial charge on any atom is -0.205 e. The highest BCUT2D eigenvalue weighted by atomic mass is 79.9. The lowest BCUT2D eigenvalue weighted by Gasteiger charge is -2.02. The monoisotopic (exact) mass is 249 g/mol. The summed E-state index contributed by atoms with van der Waals surface area (Å²) in [6.45, 7) is 0. The van der Waals surface area contributed by atoms with E-state index in [0.29, 0.717) is 6.07 Å². The zero-order chi connectivity index (χ0) is 10.0. The van der Waals surface area contributed by atoms with Crippen molar-refractivity contribution in [2.24, 2.45) is 0 Å². The maximum Gasteiger partial charge on any atom is 0.175 e. The molecule has 1 nitrogen and oxygen atoms in total. The third-order valence-corrected chi connectivity index (χ3v) is 2.14. The first-order chi connectivity index (χ1) is 6.07. The molecule has 0 radical (unpaired) electrons. The second-order valence-electron chi connectivity index (χ2n) is 2.29. The van der Waals surface area contributed by atoms with Crippen molar-refractivity contribution in [3.63, 3.8) is 0 Å². The van der Waals surface area contributed by atoms with Crippen LogP contribution in [-0.4, -0.2) is 0 Å². The van der Waals surface area contributed by atoms with Gasteiger partial charge in [0.05, 0.1) is 17.0 Å². The number of rotatable bonds is 1. The Balaban J connectivity index is 3.34. The molecule has 0 heterocycles. The first kappa shape index (κ1) is 10.1. The van der Waals surface area contributed by atoms with Crippen LogP contribution in [0.2, 0.25) is 0 Å². The number of benzene rings is 1. The van der Waals surface area contributed by atoms with Gasteiger partial charge in [-0.15, -0.1) is 0 Å². The molecule has 0 aliphatic heterocycles. The van der Waals surface area contributed by atoms with Crippen LogP contribution in [0.25, 0.3) is 0 Å². The quantitative estimate of drug-likeness (QED) is 0.555. The lowest BCUT2D eigenvalue weighted by molar-refractivity contribution is 0.484. The van der Waals surface area contributed by atoms with Crippen LogP contribution in [0.15, 0.2) is 10.5 Å². The smallest absolute Gasteiger partial charge is 0.175 e. The van der Waals surface area contributed by atoms with E-state index in [0.717, 1.165) is 0 Å². The van der Waals surface area contributed by atoms with E-state index < -0.39 is 21.9 Å². The predicted molar refractivity (Wildman–Crippen MR) is 43.3 cm³/mol. The van der Waals surface area contributed by atoms with Crippen LogP contribution >= 0.6 is 15.9 Å². The van der Waals surface area contributed by atoms with Crippen molar-refractivity contribution in [2.45, 2.75) is 6.42 Å². The minimum absolute atomic E-state index is 0.159. The molecule has 13 heavy (non-hydrogen) atoms. The molecule has 5 heteroatoms. The second-order valence-corrected chi connectivity index (χ2v) is 3.09. The molecule has 0 fully saturated rings. The van der Waals surface area contributed by atoms with Gasteiger partial charge >= 0.3 is 0 Å². The van der Waals surface area contributed by atoms with Gasteiger partial charge in [-0.1, -0.05) is 0 Å². The third-order valence-electron chi connectivity index (χ3n) is 1.45. The van der Waals surface area contributed by atoms with E-state index in [9.17, 15) is 13.2 Å². The molecule has 1 aromatic carbocycles. The molecule has 0 aliphatic rings.